The minimum absolute atomic E-state index is 0.307. The van der Waals surface area contributed by atoms with Gasteiger partial charge in [-0.05, 0) is 35.2 Å². The Labute approximate surface area is 88.7 Å². The fourth-order valence-corrected chi connectivity index (χ4v) is 2.53. The van der Waals surface area contributed by atoms with Crippen LogP contribution in [-0.4, -0.2) is 5.78 Å². The summed E-state index contributed by atoms with van der Waals surface area (Å²) >= 11 is 0. The largest absolute Gasteiger partial charge is 0.294 e. The summed E-state index contributed by atoms with van der Waals surface area (Å²) in [5.41, 5.74) is 3.48. The molecule has 0 fully saturated rings. The minimum Gasteiger partial charge on any atom is -0.294 e. The number of ketones is 1. The molecule has 1 nitrogen and oxygen atoms in total. The molecule has 2 aromatic carbocycles. The number of Topliss-reactive ketones (excluding diaryl/α,β-unsaturated/α-hetero) is 1. The average Bonchev–Trinajstić information content (AvgIpc) is 2.61. The van der Waals surface area contributed by atoms with Crippen LogP contribution in [0.25, 0.3) is 10.8 Å². The molecule has 0 saturated carbocycles. The molecule has 0 N–H and O–H groups in total. The van der Waals surface area contributed by atoms with Gasteiger partial charge in [0.2, 0.25) is 0 Å². The molecule has 1 aliphatic carbocycles. The monoisotopic (exact) mass is 196 g/mol. The molecule has 74 valence electrons. The Morgan fingerprint density at radius 3 is 2.60 bits per heavy atom. The zero-order valence-electron chi connectivity index (χ0n) is 8.71. The van der Waals surface area contributed by atoms with E-state index >= 15 is 0 Å². The highest BCUT2D eigenvalue weighted by atomic mass is 16.1. The Morgan fingerprint density at radius 1 is 1.07 bits per heavy atom. The summed E-state index contributed by atoms with van der Waals surface area (Å²) in [5, 5.41) is 2.35. The third-order valence-corrected chi connectivity index (χ3v) is 3.23. The van der Waals surface area contributed by atoms with Gasteiger partial charge in [-0.2, -0.15) is 0 Å². The van der Waals surface area contributed by atoms with Crippen molar-refractivity contribution in [3.63, 3.8) is 0 Å². The molecule has 0 amide bonds. The molecule has 0 spiro atoms. The first-order valence-electron chi connectivity index (χ1n) is 5.32. The fraction of sp³-hybridized carbons (Fsp3) is 0.214. The van der Waals surface area contributed by atoms with Crippen molar-refractivity contribution in [1.82, 2.24) is 0 Å². The molecular weight excluding hydrogens is 184 g/mol. The van der Waals surface area contributed by atoms with Crippen LogP contribution < -0.4 is 0 Å². The van der Waals surface area contributed by atoms with Gasteiger partial charge in [0.15, 0.2) is 5.78 Å². The van der Waals surface area contributed by atoms with E-state index in [1.54, 1.807) is 0 Å². The maximum absolute atomic E-state index is 11.8. The number of fused-ring (bicyclic) bond motifs is 3. The summed E-state index contributed by atoms with van der Waals surface area (Å²) in [5.74, 6) is 0.307. The second-order valence-electron chi connectivity index (χ2n) is 4.20. The second-order valence-corrected chi connectivity index (χ2v) is 4.20. The highest BCUT2D eigenvalue weighted by Gasteiger charge is 2.22. The Bertz CT molecular complexity index is 567. The van der Waals surface area contributed by atoms with E-state index in [0.717, 1.165) is 17.4 Å². The van der Waals surface area contributed by atoms with Crippen molar-refractivity contribution in [2.45, 2.75) is 19.8 Å². The predicted octanol–water partition coefficient (Wildman–Crippen LogP) is 3.28. The smallest absolute Gasteiger partial charge is 0.164 e. The van der Waals surface area contributed by atoms with Crippen LogP contribution in [0.15, 0.2) is 30.3 Å². The van der Waals surface area contributed by atoms with Crippen LogP contribution >= 0.6 is 0 Å². The lowest BCUT2D eigenvalue weighted by atomic mass is 9.97. The van der Waals surface area contributed by atoms with Crippen molar-refractivity contribution >= 4 is 16.6 Å². The normalized spacial score (nSPS) is 14.6. The first kappa shape index (κ1) is 8.66. The highest BCUT2D eigenvalue weighted by Crippen LogP contribution is 2.31. The van der Waals surface area contributed by atoms with Gasteiger partial charge >= 0.3 is 0 Å². The van der Waals surface area contributed by atoms with Gasteiger partial charge in [-0.3, -0.25) is 4.79 Å². The van der Waals surface area contributed by atoms with Gasteiger partial charge in [-0.25, -0.2) is 0 Å². The van der Waals surface area contributed by atoms with Crippen molar-refractivity contribution < 1.29 is 4.79 Å². The van der Waals surface area contributed by atoms with Crippen molar-refractivity contribution in [3.05, 3.63) is 47.0 Å². The van der Waals surface area contributed by atoms with Crippen molar-refractivity contribution in [2.75, 3.05) is 0 Å². The van der Waals surface area contributed by atoms with Gasteiger partial charge in [0.05, 0.1) is 0 Å². The van der Waals surface area contributed by atoms with E-state index in [4.69, 9.17) is 0 Å². The molecule has 0 bridgehead atoms. The van der Waals surface area contributed by atoms with Crippen LogP contribution in [0.4, 0.5) is 0 Å². The summed E-state index contributed by atoms with van der Waals surface area (Å²) in [6.45, 7) is 2.12. The zero-order chi connectivity index (χ0) is 10.4. The number of hydrogen-bond donors (Lipinski definition) is 0. The summed E-state index contributed by atoms with van der Waals surface area (Å²) in [4.78, 5) is 11.8. The molecule has 1 aliphatic rings. The van der Waals surface area contributed by atoms with Gasteiger partial charge in [0.25, 0.3) is 0 Å². The van der Waals surface area contributed by atoms with Gasteiger partial charge in [0, 0.05) is 12.0 Å². The maximum Gasteiger partial charge on any atom is 0.164 e. The van der Waals surface area contributed by atoms with Crippen molar-refractivity contribution in [3.8, 4) is 0 Å². The highest BCUT2D eigenvalue weighted by molar-refractivity contribution is 6.12. The molecular formula is C14H12O. The van der Waals surface area contributed by atoms with E-state index in [1.807, 2.05) is 12.1 Å². The Balaban J connectivity index is 2.51. The van der Waals surface area contributed by atoms with E-state index in [2.05, 4.69) is 25.1 Å². The van der Waals surface area contributed by atoms with E-state index in [9.17, 15) is 4.79 Å². The van der Waals surface area contributed by atoms with E-state index in [-0.39, 0.29) is 0 Å². The standard InChI is InChI=1S/C14H12O/c1-9-8-10-6-7-13(15)14(10)12-5-3-2-4-11(9)12/h2-5,8H,6-7H2,1H3. The van der Waals surface area contributed by atoms with Gasteiger partial charge in [0.1, 0.15) is 0 Å². The Morgan fingerprint density at radius 2 is 1.80 bits per heavy atom. The summed E-state index contributed by atoms with van der Waals surface area (Å²) < 4.78 is 0. The number of benzene rings is 2. The topological polar surface area (TPSA) is 17.1 Å². The molecule has 15 heavy (non-hydrogen) atoms. The lowest BCUT2D eigenvalue weighted by Gasteiger charge is -2.07. The minimum atomic E-state index is 0.307. The van der Waals surface area contributed by atoms with Crippen LogP contribution in [0.1, 0.15) is 27.9 Å². The van der Waals surface area contributed by atoms with E-state index in [1.165, 1.54) is 16.5 Å². The summed E-state index contributed by atoms with van der Waals surface area (Å²) in [7, 11) is 0. The third-order valence-electron chi connectivity index (χ3n) is 3.23. The zero-order valence-corrected chi connectivity index (χ0v) is 8.71. The van der Waals surface area contributed by atoms with E-state index in [0.29, 0.717) is 12.2 Å². The van der Waals surface area contributed by atoms with Crippen LogP contribution in [0.2, 0.25) is 0 Å². The predicted molar refractivity (Wildman–Crippen MR) is 61.3 cm³/mol. The molecule has 0 atom stereocenters. The van der Waals surface area contributed by atoms with Gasteiger partial charge in [-0.1, -0.05) is 30.3 Å². The van der Waals surface area contributed by atoms with E-state index < -0.39 is 0 Å². The summed E-state index contributed by atoms with van der Waals surface area (Å²) in [6, 6.07) is 10.4. The number of carbonyl (C=O) groups is 1. The molecule has 3 rings (SSSR count). The first-order chi connectivity index (χ1) is 7.27. The first-order valence-corrected chi connectivity index (χ1v) is 5.32. The van der Waals surface area contributed by atoms with Crippen LogP contribution in [-0.2, 0) is 6.42 Å². The molecule has 0 aromatic heterocycles. The van der Waals surface area contributed by atoms with Crippen LogP contribution in [0.3, 0.4) is 0 Å². The SMILES string of the molecule is Cc1cc2c(c3ccccc13)C(=O)CC2. The number of carbonyl (C=O) groups excluding carboxylic acids is 1. The third kappa shape index (κ3) is 1.13. The lowest BCUT2D eigenvalue weighted by molar-refractivity contribution is 0.0996. The summed E-state index contributed by atoms with van der Waals surface area (Å²) in [6.07, 6.45) is 1.60. The Kier molecular flexibility index (Phi) is 1.69. The van der Waals surface area contributed by atoms with Crippen molar-refractivity contribution in [1.29, 1.82) is 0 Å². The maximum atomic E-state index is 11.8. The molecule has 0 aliphatic heterocycles. The molecule has 0 heterocycles. The van der Waals surface area contributed by atoms with Crippen LogP contribution in [0, 0.1) is 6.92 Å². The quantitative estimate of drug-likeness (QED) is 0.632. The van der Waals surface area contributed by atoms with Gasteiger partial charge in [-0.15, -0.1) is 0 Å². The fourth-order valence-electron chi connectivity index (χ4n) is 2.53. The second kappa shape index (κ2) is 2.93. The number of aryl methyl sites for hydroxylation is 2. The molecule has 0 saturated heterocycles. The molecule has 0 unspecified atom stereocenters. The number of hydrogen-bond acceptors (Lipinski definition) is 1. The molecule has 1 heteroatoms. The van der Waals surface area contributed by atoms with Crippen LogP contribution in [0.5, 0.6) is 0 Å². The van der Waals surface area contributed by atoms with Crippen molar-refractivity contribution in [2.24, 2.45) is 0 Å². The molecule has 0 radical (unpaired) electrons. The lowest BCUT2D eigenvalue weighted by Crippen LogP contribution is -1.94. The average molecular weight is 196 g/mol. The Hall–Kier alpha value is -1.63. The molecule has 2 aromatic rings. The van der Waals surface area contributed by atoms with Gasteiger partial charge < -0.3 is 0 Å². The number of rotatable bonds is 0.